The molecule has 0 spiro atoms. The molecule has 8 heavy (non-hydrogen) atoms. The summed E-state index contributed by atoms with van der Waals surface area (Å²) >= 11 is 0. The Morgan fingerprint density at radius 2 is 2.62 bits per heavy atom. The van der Waals surface area contributed by atoms with Crippen molar-refractivity contribution in [1.82, 2.24) is 0 Å². The quantitative estimate of drug-likeness (QED) is 0.471. The van der Waals surface area contributed by atoms with Gasteiger partial charge in [0.25, 0.3) is 0 Å². The molecule has 0 aliphatic carbocycles. The molecule has 0 unspecified atom stereocenters. The van der Waals surface area contributed by atoms with Crippen molar-refractivity contribution in [1.29, 1.82) is 0 Å². The van der Waals surface area contributed by atoms with Gasteiger partial charge in [0.05, 0.1) is 13.0 Å². The smallest absolute Gasteiger partial charge is 0.306 e. The van der Waals surface area contributed by atoms with E-state index in [1.54, 1.807) is 0 Å². The largest absolute Gasteiger partial charge is 0.465 e. The van der Waals surface area contributed by atoms with E-state index in [1.165, 1.54) is 0 Å². The van der Waals surface area contributed by atoms with Crippen molar-refractivity contribution in [2.45, 2.75) is 6.42 Å². The van der Waals surface area contributed by atoms with Crippen molar-refractivity contribution in [2.75, 3.05) is 13.2 Å². The fourth-order valence-electron chi connectivity index (χ4n) is 0.682. The van der Waals surface area contributed by atoms with E-state index in [9.17, 15) is 4.79 Å². The molecule has 1 rings (SSSR count). The Bertz CT molecular complexity index is 99.8. The zero-order valence-corrected chi connectivity index (χ0v) is 4.46. The fraction of sp³-hybridized carbons (Fsp3) is 0.800. The van der Waals surface area contributed by atoms with Crippen LogP contribution in [0, 0.1) is 5.92 Å². The SMILES string of the molecule is O=C1C[C@H](CO)CO1. The molecule has 0 amide bonds. The molecule has 3 nitrogen and oxygen atoms in total. The van der Waals surface area contributed by atoms with Gasteiger partial charge in [-0.3, -0.25) is 4.79 Å². The summed E-state index contributed by atoms with van der Waals surface area (Å²) < 4.78 is 4.56. The van der Waals surface area contributed by atoms with E-state index in [4.69, 9.17) is 5.11 Å². The first-order chi connectivity index (χ1) is 3.83. The van der Waals surface area contributed by atoms with E-state index in [0.29, 0.717) is 13.0 Å². The van der Waals surface area contributed by atoms with Crippen LogP contribution < -0.4 is 0 Å². The number of aliphatic hydroxyl groups is 1. The van der Waals surface area contributed by atoms with Crippen molar-refractivity contribution in [3.05, 3.63) is 0 Å². The minimum absolute atomic E-state index is 0.0579. The molecular formula is C5H8O3. The third-order valence-corrected chi connectivity index (χ3v) is 1.19. The maximum absolute atomic E-state index is 10.3. The predicted molar refractivity (Wildman–Crippen MR) is 26.2 cm³/mol. The van der Waals surface area contributed by atoms with Crippen LogP contribution in [0.1, 0.15) is 6.42 Å². The average molecular weight is 116 g/mol. The fourth-order valence-corrected chi connectivity index (χ4v) is 0.682. The van der Waals surface area contributed by atoms with Gasteiger partial charge < -0.3 is 9.84 Å². The summed E-state index contributed by atoms with van der Waals surface area (Å²) in [6, 6.07) is 0. The van der Waals surface area contributed by atoms with Gasteiger partial charge in [-0.15, -0.1) is 0 Å². The van der Waals surface area contributed by atoms with Crippen LogP contribution >= 0.6 is 0 Å². The normalized spacial score (nSPS) is 28.1. The molecule has 0 saturated carbocycles. The van der Waals surface area contributed by atoms with Crippen molar-refractivity contribution in [3.8, 4) is 0 Å². The van der Waals surface area contributed by atoms with Crippen LogP contribution in [-0.4, -0.2) is 24.3 Å². The van der Waals surface area contributed by atoms with E-state index in [2.05, 4.69) is 4.74 Å². The maximum atomic E-state index is 10.3. The van der Waals surface area contributed by atoms with Crippen LogP contribution in [0.15, 0.2) is 0 Å². The highest BCUT2D eigenvalue weighted by atomic mass is 16.5. The Hall–Kier alpha value is -0.570. The Labute approximate surface area is 47.3 Å². The van der Waals surface area contributed by atoms with E-state index < -0.39 is 0 Å². The van der Waals surface area contributed by atoms with Crippen molar-refractivity contribution < 1.29 is 14.6 Å². The number of esters is 1. The molecule has 3 heteroatoms. The second kappa shape index (κ2) is 2.13. The first-order valence-electron chi connectivity index (χ1n) is 2.59. The lowest BCUT2D eigenvalue weighted by Gasteiger charge is -1.94. The molecule has 46 valence electrons. The highest BCUT2D eigenvalue weighted by Crippen LogP contribution is 2.11. The van der Waals surface area contributed by atoms with Gasteiger partial charge in [-0.1, -0.05) is 0 Å². The summed E-state index contributed by atoms with van der Waals surface area (Å²) in [5.74, 6) is -0.133. The van der Waals surface area contributed by atoms with Crippen LogP contribution in [0.3, 0.4) is 0 Å². The molecule has 1 N–H and O–H groups in total. The van der Waals surface area contributed by atoms with Gasteiger partial charge in [0.1, 0.15) is 0 Å². The summed E-state index contributed by atoms with van der Waals surface area (Å²) in [6.07, 6.45) is 0.385. The Kier molecular flexibility index (Phi) is 1.48. The number of cyclic esters (lactones) is 1. The zero-order chi connectivity index (χ0) is 5.98. The van der Waals surface area contributed by atoms with Gasteiger partial charge in [0.2, 0.25) is 0 Å². The molecule has 0 aromatic carbocycles. The third kappa shape index (κ3) is 0.980. The van der Waals surface area contributed by atoms with Gasteiger partial charge in [-0.2, -0.15) is 0 Å². The van der Waals surface area contributed by atoms with Crippen LogP contribution in [0.25, 0.3) is 0 Å². The lowest BCUT2D eigenvalue weighted by Crippen LogP contribution is -2.03. The van der Waals surface area contributed by atoms with Gasteiger partial charge in [0, 0.05) is 12.5 Å². The molecule has 1 atom stereocenters. The Morgan fingerprint density at radius 1 is 1.88 bits per heavy atom. The number of hydrogen-bond acceptors (Lipinski definition) is 3. The number of carbonyl (C=O) groups excluding carboxylic acids is 1. The first kappa shape index (κ1) is 5.56. The second-order valence-electron chi connectivity index (χ2n) is 1.94. The molecule has 0 aromatic rings. The molecule has 1 aliphatic rings. The summed E-state index contributed by atoms with van der Waals surface area (Å²) in [5, 5.41) is 8.45. The lowest BCUT2D eigenvalue weighted by molar-refractivity contribution is -0.137. The first-order valence-corrected chi connectivity index (χ1v) is 2.59. The highest BCUT2D eigenvalue weighted by molar-refractivity contribution is 5.71. The van der Waals surface area contributed by atoms with E-state index >= 15 is 0 Å². The van der Waals surface area contributed by atoms with E-state index in [-0.39, 0.29) is 18.5 Å². The summed E-state index contributed by atoms with van der Waals surface area (Å²) in [6.45, 7) is 0.459. The molecule has 1 aliphatic heterocycles. The van der Waals surface area contributed by atoms with Gasteiger partial charge >= 0.3 is 5.97 Å². The van der Waals surface area contributed by atoms with E-state index in [1.807, 2.05) is 0 Å². The number of rotatable bonds is 1. The third-order valence-electron chi connectivity index (χ3n) is 1.19. The topological polar surface area (TPSA) is 46.5 Å². The van der Waals surface area contributed by atoms with Crippen molar-refractivity contribution in [2.24, 2.45) is 5.92 Å². The Balaban J connectivity index is 2.32. The number of ether oxygens (including phenoxy) is 1. The van der Waals surface area contributed by atoms with Crippen LogP contribution in [0.2, 0.25) is 0 Å². The molecule has 0 bridgehead atoms. The number of hydrogen-bond donors (Lipinski definition) is 1. The van der Waals surface area contributed by atoms with Crippen LogP contribution in [-0.2, 0) is 9.53 Å². The van der Waals surface area contributed by atoms with E-state index in [0.717, 1.165) is 0 Å². The summed E-state index contributed by atoms with van der Waals surface area (Å²) in [5.41, 5.74) is 0. The summed E-state index contributed by atoms with van der Waals surface area (Å²) in [4.78, 5) is 10.3. The number of aliphatic hydroxyl groups excluding tert-OH is 1. The predicted octanol–water partition coefficient (Wildman–Crippen LogP) is -0.458. The van der Waals surface area contributed by atoms with Gasteiger partial charge in [0.15, 0.2) is 0 Å². The van der Waals surface area contributed by atoms with Gasteiger partial charge in [-0.05, 0) is 0 Å². The summed E-state index contributed by atoms with van der Waals surface area (Å²) in [7, 11) is 0. The maximum Gasteiger partial charge on any atom is 0.306 e. The minimum atomic E-state index is -0.191. The average Bonchev–Trinajstić information content (AvgIpc) is 2.14. The molecular weight excluding hydrogens is 108 g/mol. The highest BCUT2D eigenvalue weighted by Gasteiger charge is 2.22. The minimum Gasteiger partial charge on any atom is -0.465 e. The van der Waals surface area contributed by atoms with Crippen molar-refractivity contribution in [3.63, 3.8) is 0 Å². The molecule has 1 heterocycles. The monoisotopic (exact) mass is 116 g/mol. The molecule has 0 aromatic heterocycles. The molecule has 0 radical (unpaired) electrons. The molecule has 1 saturated heterocycles. The van der Waals surface area contributed by atoms with Crippen LogP contribution in [0.4, 0.5) is 0 Å². The standard InChI is InChI=1S/C5H8O3/c6-2-4-1-5(7)8-3-4/h4,6H,1-3H2/t4-/m1/s1. The molecule has 1 fully saturated rings. The zero-order valence-electron chi connectivity index (χ0n) is 4.46. The van der Waals surface area contributed by atoms with Crippen LogP contribution in [0.5, 0.6) is 0 Å². The lowest BCUT2D eigenvalue weighted by atomic mass is 10.1. The Morgan fingerprint density at radius 3 is 2.88 bits per heavy atom. The number of carbonyl (C=O) groups is 1. The van der Waals surface area contributed by atoms with Crippen molar-refractivity contribution >= 4 is 5.97 Å². The second-order valence-corrected chi connectivity index (χ2v) is 1.94. The van der Waals surface area contributed by atoms with Gasteiger partial charge in [-0.25, -0.2) is 0 Å².